The molecule has 1 fully saturated rings. The maximum atomic E-state index is 12.7. The number of aromatic nitrogens is 2. The Morgan fingerprint density at radius 3 is 2.65 bits per heavy atom. The van der Waals surface area contributed by atoms with Crippen LogP contribution >= 0.6 is 12.2 Å². The SMILES string of the molecule is O=c1c2cc3c(cc2[nH]c(=S)n1CCCN1CCCC1)OCO3. The van der Waals surface area contributed by atoms with Gasteiger partial charge in [0.15, 0.2) is 16.3 Å². The van der Waals surface area contributed by atoms with Crippen LogP contribution in [-0.2, 0) is 6.54 Å². The van der Waals surface area contributed by atoms with Crippen molar-refractivity contribution in [3.8, 4) is 11.5 Å². The fourth-order valence-electron chi connectivity index (χ4n) is 3.30. The molecule has 122 valence electrons. The van der Waals surface area contributed by atoms with Crippen molar-refractivity contribution in [3.63, 3.8) is 0 Å². The maximum absolute atomic E-state index is 12.7. The predicted octanol–water partition coefficient (Wildman–Crippen LogP) is 2.27. The van der Waals surface area contributed by atoms with Crippen molar-refractivity contribution in [2.24, 2.45) is 0 Å². The summed E-state index contributed by atoms with van der Waals surface area (Å²) in [6.45, 7) is 4.18. The Kier molecular flexibility index (Phi) is 3.82. The van der Waals surface area contributed by atoms with Crippen LogP contribution in [0, 0.1) is 4.77 Å². The first-order valence-electron chi connectivity index (χ1n) is 8.01. The van der Waals surface area contributed by atoms with E-state index in [0.717, 1.165) is 13.0 Å². The minimum absolute atomic E-state index is 0.0662. The van der Waals surface area contributed by atoms with E-state index in [2.05, 4.69) is 9.88 Å². The molecule has 0 atom stereocenters. The largest absolute Gasteiger partial charge is 0.454 e. The summed E-state index contributed by atoms with van der Waals surface area (Å²) in [5, 5.41) is 0.587. The first kappa shape index (κ1) is 14.7. The molecule has 0 radical (unpaired) electrons. The minimum Gasteiger partial charge on any atom is -0.454 e. The third kappa shape index (κ3) is 2.74. The van der Waals surface area contributed by atoms with Crippen LogP contribution in [0.25, 0.3) is 10.9 Å². The van der Waals surface area contributed by atoms with E-state index in [1.807, 2.05) is 0 Å². The summed E-state index contributed by atoms with van der Waals surface area (Å²) in [6, 6.07) is 3.52. The summed E-state index contributed by atoms with van der Waals surface area (Å²) >= 11 is 5.36. The van der Waals surface area contributed by atoms with Gasteiger partial charge in [-0.05, 0) is 57.2 Å². The number of nitrogens with one attached hydrogen (secondary N) is 1. The summed E-state index contributed by atoms with van der Waals surface area (Å²) < 4.78 is 12.8. The molecule has 0 saturated carbocycles. The average Bonchev–Trinajstić information content (AvgIpc) is 3.20. The first-order valence-corrected chi connectivity index (χ1v) is 8.42. The van der Waals surface area contributed by atoms with Gasteiger partial charge in [0, 0.05) is 12.6 Å². The normalized spacial score (nSPS) is 17.2. The second-order valence-electron chi connectivity index (χ2n) is 6.04. The van der Waals surface area contributed by atoms with E-state index in [-0.39, 0.29) is 12.4 Å². The lowest BCUT2D eigenvalue weighted by Gasteiger charge is -2.15. The van der Waals surface area contributed by atoms with Crippen molar-refractivity contribution < 1.29 is 9.47 Å². The fourth-order valence-corrected chi connectivity index (χ4v) is 3.59. The van der Waals surface area contributed by atoms with Crippen LogP contribution in [0.15, 0.2) is 16.9 Å². The van der Waals surface area contributed by atoms with Crippen molar-refractivity contribution in [1.82, 2.24) is 14.5 Å². The number of aromatic amines is 1. The molecular weight excluding hydrogens is 314 g/mol. The van der Waals surface area contributed by atoms with E-state index in [1.54, 1.807) is 16.7 Å². The van der Waals surface area contributed by atoms with Crippen LogP contribution in [0.5, 0.6) is 11.5 Å². The van der Waals surface area contributed by atoms with Crippen LogP contribution in [0.4, 0.5) is 0 Å². The molecule has 1 aromatic heterocycles. The quantitative estimate of drug-likeness (QED) is 0.870. The number of fused-ring (bicyclic) bond motifs is 2. The molecule has 3 heterocycles. The van der Waals surface area contributed by atoms with Gasteiger partial charge >= 0.3 is 0 Å². The van der Waals surface area contributed by atoms with Gasteiger partial charge in [0.1, 0.15) is 0 Å². The highest BCUT2D eigenvalue weighted by molar-refractivity contribution is 7.71. The van der Waals surface area contributed by atoms with Gasteiger partial charge in [0.2, 0.25) is 6.79 Å². The molecule has 0 spiro atoms. The van der Waals surface area contributed by atoms with Crippen molar-refractivity contribution in [3.05, 3.63) is 27.3 Å². The summed E-state index contributed by atoms with van der Waals surface area (Å²) in [4.78, 5) is 18.3. The van der Waals surface area contributed by atoms with E-state index in [4.69, 9.17) is 21.7 Å². The van der Waals surface area contributed by atoms with Crippen molar-refractivity contribution in [2.75, 3.05) is 26.4 Å². The van der Waals surface area contributed by atoms with Gasteiger partial charge in [0.25, 0.3) is 5.56 Å². The molecule has 6 nitrogen and oxygen atoms in total. The zero-order chi connectivity index (χ0) is 15.8. The lowest BCUT2D eigenvalue weighted by atomic mass is 10.2. The molecule has 2 aromatic rings. The molecule has 1 saturated heterocycles. The smallest absolute Gasteiger partial charge is 0.262 e. The number of ether oxygens (including phenoxy) is 2. The third-order valence-electron chi connectivity index (χ3n) is 4.53. The molecular formula is C16H19N3O3S. The minimum atomic E-state index is -0.0662. The van der Waals surface area contributed by atoms with Crippen molar-refractivity contribution >= 4 is 23.1 Å². The van der Waals surface area contributed by atoms with Crippen LogP contribution in [0.2, 0.25) is 0 Å². The molecule has 2 aliphatic heterocycles. The average molecular weight is 333 g/mol. The van der Waals surface area contributed by atoms with Gasteiger partial charge in [-0.25, -0.2) is 0 Å². The summed E-state index contributed by atoms with van der Waals surface area (Å²) in [7, 11) is 0. The lowest BCUT2D eigenvalue weighted by molar-refractivity contribution is 0.174. The number of hydrogen-bond acceptors (Lipinski definition) is 5. The Labute approximate surface area is 138 Å². The number of nitrogens with zero attached hydrogens (tertiary/aromatic N) is 2. The van der Waals surface area contributed by atoms with Crippen molar-refractivity contribution in [1.29, 1.82) is 0 Å². The monoisotopic (exact) mass is 333 g/mol. The zero-order valence-corrected chi connectivity index (χ0v) is 13.7. The van der Waals surface area contributed by atoms with Crippen LogP contribution in [0.3, 0.4) is 0 Å². The standard InChI is InChI=1S/C16H19N3O3S/c20-15-11-8-13-14(22-10-21-13)9-12(11)17-16(23)19(15)7-3-6-18-4-1-2-5-18/h8-9H,1-7,10H2,(H,17,23). The van der Waals surface area contributed by atoms with Gasteiger partial charge in [-0.3, -0.25) is 9.36 Å². The van der Waals surface area contributed by atoms with Crippen LogP contribution in [0.1, 0.15) is 19.3 Å². The molecule has 4 rings (SSSR count). The second kappa shape index (κ2) is 5.98. The van der Waals surface area contributed by atoms with Gasteiger partial charge in [-0.2, -0.15) is 0 Å². The molecule has 23 heavy (non-hydrogen) atoms. The molecule has 0 bridgehead atoms. The highest BCUT2D eigenvalue weighted by Crippen LogP contribution is 2.34. The summed E-state index contributed by atoms with van der Waals surface area (Å²) in [5.74, 6) is 1.26. The number of benzene rings is 1. The van der Waals surface area contributed by atoms with Crippen LogP contribution in [-0.4, -0.2) is 40.9 Å². The van der Waals surface area contributed by atoms with Gasteiger partial charge in [-0.1, -0.05) is 0 Å². The number of likely N-dealkylation sites (tertiary alicyclic amines) is 1. The van der Waals surface area contributed by atoms with Crippen LogP contribution < -0.4 is 15.0 Å². The van der Waals surface area contributed by atoms with E-state index in [9.17, 15) is 4.79 Å². The third-order valence-corrected chi connectivity index (χ3v) is 4.85. The summed E-state index contributed by atoms with van der Waals surface area (Å²) in [6.07, 6.45) is 3.49. The highest BCUT2D eigenvalue weighted by atomic mass is 32.1. The van der Waals surface area contributed by atoms with E-state index < -0.39 is 0 Å². The summed E-state index contributed by atoms with van der Waals surface area (Å²) in [5.41, 5.74) is 0.628. The highest BCUT2D eigenvalue weighted by Gasteiger charge is 2.17. The molecule has 0 amide bonds. The predicted molar refractivity (Wildman–Crippen MR) is 89.8 cm³/mol. The van der Waals surface area contributed by atoms with E-state index in [1.165, 1.54) is 25.9 Å². The maximum Gasteiger partial charge on any atom is 0.262 e. The molecule has 1 aromatic carbocycles. The lowest BCUT2D eigenvalue weighted by Crippen LogP contribution is -2.26. The van der Waals surface area contributed by atoms with Gasteiger partial charge in [0.05, 0.1) is 10.9 Å². The fraction of sp³-hybridized carbons (Fsp3) is 0.500. The Bertz CT molecular complexity index is 852. The number of rotatable bonds is 4. The molecule has 2 aliphatic rings. The van der Waals surface area contributed by atoms with Gasteiger partial charge < -0.3 is 19.4 Å². The second-order valence-corrected chi connectivity index (χ2v) is 6.43. The topological polar surface area (TPSA) is 59.5 Å². The van der Waals surface area contributed by atoms with E-state index in [0.29, 0.717) is 33.7 Å². The Morgan fingerprint density at radius 2 is 1.87 bits per heavy atom. The molecule has 7 heteroatoms. The Morgan fingerprint density at radius 1 is 1.13 bits per heavy atom. The molecule has 1 N–H and O–H groups in total. The van der Waals surface area contributed by atoms with E-state index >= 15 is 0 Å². The number of hydrogen-bond donors (Lipinski definition) is 1. The Hall–Kier alpha value is -1.86. The number of H-pyrrole nitrogens is 1. The molecule has 0 aliphatic carbocycles. The zero-order valence-electron chi connectivity index (χ0n) is 12.8. The molecule has 0 unspecified atom stereocenters. The van der Waals surface area contributed by atoms with Crippen molar-refractivity contribution in [2.45, 2.75) is 25.8 Å². The van der Waals surface area contributed by atoms with Gasteiger partial charge in [-0.15, -0.1) is 0 Å². The first-order chi connectivity index (χ1) is 11.2. The Balaban J connectivity index is 1.62.